The first-order valence-electron chi connectivity index (χ1n) is 13.8. The standard InChI is InChI=1S/C28H57NO3/c1-6-7-8-9-10-11-12-13-14-15-16-17-18-19-20-21-26(30)29-24-22-28(4,5)32-25-23-27(2,3)31/h31H,6-25H2,1-5H3,(H,29,30). The minimum absolute atomic E-state index is 0.159. The molecule has 192 valence electrons. The smallest absolute Gasteiger partial charge is 0.219 e. The van der Waals surface area contributed by atoms with Crippen molar-refractivity contribution in [2.24, 2.45) is 0 Å². The van der Waals surface area contributed by atoms with Crippen LogP contribution in [0.25, 0.3) is 0 Å². The first-order chi connectivity index (χ1) is 15.2. The summed E-state index contributed by atoms with van der Waals surface area (Å²) in [4.78, 5) is 12.0. The lowest BCUT2D eigenvalue weighted by Crippen LogP contribution is -2.34. The molecule has 0 aromatic heterocycles. The highest BCUT2D eigenvalue weighted by molar-refractivity contribution is 5.75. The minimum Gasteiger partial charge on any atom is -0.390 e. The van der Waals surface area contributed by atoms with Crippen molar-refractivity contribution in [1.29, 1.82) is 0 Å². The zero-order valence-corrected chi connectivity index (χ0v) is 22.4. The summed E-state index contributed by atoms with van der Waals surface area (Å²) in [6, 6.07) is 0. The molecule has 0 aliphatic carbocycles. The molecule has 0 aromatic carbocycles. The van der Waals surface area contributed by atoms with Crippen LogP contribution in [-0.2, 0) is 9.53 Å². The van der Waals surface area contributed by atoms with Gasteiger partial charge < -0.3 is 15.2 Å². The molecule has 4 heteroatoms. The number of nitrogens with one attached hydrogen (secondary N) is 1. The first-order valence-corrected chi connectivity index (χ1v) is 13.8. The van der Waals surface area contributed by atoms with Crippen LogP contribution in [0.3, 0.4) is 0 Å². The summed E-state index contributed by atoms with van der Waals surface area (Å²) in [7, 11) is 0. The molecule has 0 heterocycles. The Hall–Kier alpha value is -0.610. The summed E-state index contributed by atoms with van der Waals surface area (Å²) < 4.78 is 5.87. The summed E-state index contributed by atoms with van der Waals surface area (Å²) in [6.07, 6.45) is 22.2. The Kier molecular flexibility index (Phi) is 19.4. The maximum atomic E-state index is 12.0. The second-order valence-corrected chi connectivity index (χ2v) is 11.0. The number of unbranched alkanes of at least 4 members (excludes halogenated alkanes) is 14. The van der Waals surface area contributed by atoms with Gasteiger partial charge >= 0.3 is 0 Å². The van der Waals surface area contributed by atoms with Gasteiger partial charge in [-0.1, -0.05) is 96.8 Å². The van der Waals surface area contributed by atoms with Gasteiger partial charge in [-0.3, -0.25) is 4.79 Å². The topological polar surface area (TPSA) is 58.6 Å². The summed E-state index contributed by atoms with van der Waals surface area (Å²) in [5, 5.41) is 12.8. The zero-order valence-electron chi connectivity index (χ0n) is 22.4. The third-order valence-electron chi connectivity index (χ3n) is 6.26. The molecular formula is C28H57NO3. The molecule has 0 aliphatic rings. The molecule has 0 rings (SSSR count). The second kappa shape index (κ2) is 19.8. The van der Waals surface area contributed by atoms with Crippen LogP contribution in [0, 0.1) is 0 Å². The van der Waals surface area contributed by atoms with Crippen molar-refractivity contribution in [3.8, 4) is 0 Å². The molecule has 0 atom stereocenters. The average molecular weight is 456 g/mol. The monoisotopic (exact) mass is 455 g/mol. The minimum atomic E-state index is -0.697. The van der Waals surface area contributed by atoms with Crippen molar-refractivity contribution in [3.05, 3.63) is 0 Å². The summed E-state index contributed by atoms with van der Waals surface area (Å²) >= 11 is 0. The number of ether oxygens (including phenoxy) is 1. The van der Waals surface area contributed by atoms with Crippen molar-refractivity contribution in [3.63, 3.8) is 0 Å². The van der Waals surface area contributed by atoms with Crippen LogP contribution in [-0.4, -0.2) is 35.4 Å². The highest BCUT2D eigenvalue weighted by Gasteiger charge is 2.20. The van der Waals surface area contributed by atoms with Crippen molar-refractivity contribution in [2.75, 3.05) is 13.2 Å². The van der Waals surface area contributed by atoms with Crippen molar-refractivity contribution >= 4 is 5.91 Å². The molecule has 0 aromatic rings. The molecule has 0 saturated heterocycles. The predicted octanol–water partition coefficient (Wildman–Crippen LogP) is 7.71. The van der Waals surface area contributed by atoms with E-state index in [0.717, 1.165) is 19.3 Å². The van der Waals surface area contributed by atoms with E-state index in [1.54, 1.807) is 13.8 Å². The van der Waals surface area contributed by atoms with Gasteiger partial charge in [-0.2, -0.15) is 0 Å². The summed E-state index contributed by atoms with van der Waals surface area (Å²) in [5.41, 5.74) is -0.981. The maximum Gasteiger partial charge on any atom is 0.219 e. The lowest BCUT2D eigenvalue weighted by molar-refractivity contribution is -0.121. The molecule has 0 spiro atoms. The Morgan fingerprint density at radius 3 is 1.59 bits per heavy atom. The quantitative estimate of drug-likeness (QED) is 0.155. The number of aliphatic hydroxyl groups is 1. The Labute approximate surface area is 200 Å². The zero-order chi connectivity index (χ0) is 24.1. The Morgan fingerprint density at radius 1 is 0.719 bits per heavy atom. The lowest BCUT2D eigenvalue weighted by Gasteiger charge is -2.27. The number of rotatable bonds is 23. The van der Waals surface area contributed by atoms with E-state index in [2.05, 4.69) is 12.2 Å². The fourth-order valence-corrected chi connectivity index (χ4v) is 3.90. The molecule has 4 nitrogen and oxygen atoms in total. The molecule has 0 fully saturated rings. The number of hydrogen-bond donors (Lipinski definition) is 2. The van der Waals surface area contributed by atoms with E-state index < -0.39 is 5.60 Å². The van der Waals surface area contributed by atoms with Gasteiger partial charge in [0.2, 0.25) is 5.91 Å². The van der Waals surface area contributed by atoms with Crippen LogP contribution in [0.5, 0.6) is 0 Å². The van der Waals surface area contributed by atoms with E-state index in [1.165, 1.54) is 83.5 Å². The molecule has 0 aliphatic heterocycles. The van der Waals surface area contributed by atoms with E-state index in [-0.39, 0.29) is 11.5 Å². The van der Waals surface area contributed by atoms with E-state index in [4.69, 9.17) is 4.74 Å². The van der Waals surface area contributed by atoms with E-state index >= 15 is 0 Å². The number of amides is 1. The number of hydrogen-bond acceptors (Lipinski definition) is 3. The normalized spacial score (nSPS) is 12.3. The van der Waals surface area contributed by atoms with Crippen LogP contribution < -0.4 is 5.32 Å². The molecule has 32 heavy (non-hydrogen) atoms. The second-order valence-electron chi connectivity index (χ2n) is 11.0. The molecule has 0 saturated carbocycles. The molecule has 2 N–H and O–H groups in total. The summed E-state index contributed by atoms with van der Waals surface area (Å²) in [5.74, 6) is 0.159. The largest absolute Gasteiger partial charge is 0.390 e. The Balaban J connectivity index is 3.41. The van der Waals surface area contributed by atoms with Gasteiger partial charge in [-0.15, -0.1) is 0 Å². The highest BCUT2D eigenvalue weighted by atomic mass is 16.5. The third kappa shape index (κ3) is 24.0. The highest BCUT2D eigenvalue weighted by Crippen LogP contribution is 2.17. The van der Waals surface area contributed by atoms with Gasteiger partial charge in [0, 0.05) is 13.0 Å². The van der Waals surface area contributed by atoms with Crippen LogP contribution in [0.1, 0.15) is 150 Å². The van der Waals surface area contributed by atoms with Gasteiger partial charge in [-0.25, -0.2) is 0 Å². The van der Waals surface area contributed by atoms with Crippen molar-refractivity contribution in [1.82, 2.24) is 5.32 Å². The van der Waals surface area contributed by atoms with Crippen molar-refractivity contribution in [2.45, 2.75) is 161 Å². The Morgan fingerprint density at radius 2 is 1.16 bits per heavy atom. The molecule has 1 amide bonds. The predicted molar refractivity (Wildman–Crippen MR) is 138 cm³/mol. The number of carbonyl (C=O) groups excluding carboxylic acids is 1. The maximum absolute atomic E-state index is 12.0. The third-order valence-corrected chi connectivity index (χ3v) is 6.26. The van der Waals surface area contributed by atoms with Crippen LogP contribution in [0.2, 0.25) is 0 Å². The molecule has 0 unspecified atom stereocenters. The van der Waals surface area contributed by atoms with Gasteiger partial charge in [0.1, 0.15) is 0 Å². The van der Waals surface area contributed by atoms with Crippen LogP contribution in [0.15, 0.2) is 0 Å². The molecular weight excluding hydrogens is 398 g/mol. The lowest BCUT2D eigenvalue weighted by atomic mass is 10.0. The first kappa shape index (κ1) is 31.4. The van der Waals surface area contributed by atoms with Gasteiger partial charge in [0.15, 0.2) is 0 Å². The van der Waals surface area contributed by atoms with E-state index in [0.29, 0.717) is 26.0 Å². The van der Waals surface area contributed by atoms with Crippen molar-refractivity contribution < 1.29 is 14.6 Å². The van der Waals surface area contributed by atoms with Crippen LogP contribution in [0.4, 0.5) is 0 Å². The van der Waals surface area contributed by atoms with E-state index in [9.17, 15) is 9.90 Å². The molecule has 0 radical (unpaired) electrons. The fraction of sp³-hybridized carbons (Fsp3) is 0.964. The Bertz CT molecular complexity index is 429. The average Bonchev–Trinajstić information content (AvgIpc) is 2.69. The van der Waals surface area contributed by atoms with E-state index in [1.807, 2.05) is 13.8 Å². The van der Waals surface area contributed by atoms with Gasteiger partial charge in [0.25, 0.3) is 0 Å². The van der Waals surface area contributed by atoms with Gasteiger partial charge in [-0.05, 0) is 47.0 Å². The fourth-order valence-electron chi connectivity index (χ4n) is 3.90. The van der Waals surface area contributed by atoms with Gasteiger partial charge in [0.05, 0.1) is 17.8 Å². The molecule has 0 bridgehead atoms. The van der Waals surface area contributed by atoms with Crippen LogP contribution >= 0.6 is 0 Å². The number of carbonyl (C=O) groups is 1. The summed E-state index contributed by atoms with van der Waals surface area (Å²) in [6.45, 7) is 11.1. The SMILES string of the molecule is CCCCCCCCCCCCCCCCCC(=O)NCCC(C)(C)OCCC(C)(C)O.